The van der Waals surface area contributed by atoms with E-state index in [0.717, 1.165) is 17.8 Å². The molecule has 2 heterocycles. The highest BCUT2D eigenvalue weighted by Gasteiger charge is 2.12. The minimum Gasteiger partial charge on any atom is -0.360 e. The van der Waals surface area contributed by atoms with Crippen LogP contribution in [-0.2, 0) is 0 Å². The Morgan fingerprint density at radius 3 is 3.00 bits per heavy atom. The third-order valence-corrected chi connectivity index (χ3v) is 3.66. The van der Waals surface area contributed by atoms with Crippen LogP contribution in [0.5, 0.6) is 0 Å². The fourth-order valence-electron chi connectivity index (χ4n) is 1.60. The smallest absolute Gasteiger partial charge is 0.224 e. The molecule has 1 unspecified atom stereocenters. The van der Waals surface area contributed by atoms with Crippen molar-refractivity contribution in [3.8, 4) is 0 Å². The van der Waals surface area contributed by atoms with Gasteiger partial charge in [0.15, 0.2) is 11.6 Å². The fourth-order valence-corrected chi connectivity index (χ4v) is 2.34. The molecule has 0 aliphatic rings. The predicted molar refractivity (Wildman–Crippen MR) is 77.1 cm³/mol. The number of nitrogens with one attached hydrogen (secondary N) is 2. The van der Waals surface area contributed by atoms with E-state index in [1.54, 1.807) is 11.3 Å². The van der Waals surface area contributed by atoms with E-state index in [2.05, 4.69) is 27.5 Å². The Morgan fingerprint density at radius 1 is 1.47 bits per heavy atom. The van der Waals surface area contributed by atoms with Crippen molar-refractivity contribution in [1.82, 2.24) is 9.97 Å². The van der Waals surface area contributed by atoms with E-state index in [-0.39, 0.29) is 11.9 Å². The van der Waals surface area contributed by atoms with E-state index in [0.29, 0.717) is 5.95 Å². The van der Waals surface area contributed by atoms with Crippen LogP contribution >= 0.6 is 11.3 Å². The lowest BCUT2D eigenvalue weighted by Gasteiger charge is -2.14. The van der Waals surface area contributed by atoms with Gasteiger partial charge in [-0.05, 0) is 24.8 Å². The summed E-state index contributed by atoms with van der Waals surface area (Å²) in [6.45, 7) is 4.80. The standard InChI is InChI=1S/C13H17FN4S/c1-3-6-15-13-16-8-10(14)12(18-13)17-9(2)11-5-4-7-19-11/h4-5,7-9H,3,6H2,1-2H3,(H2,15,16,17,18). The fraction of sp³-hybridized carbons (Fsp3) is 0.385. The Morgan fingerprint density at radius 2 is 2.32 bits per heavy atom. The highest BCUT2D eigenvalue weighted by molar-refractivity contribution is 7.10. The van der Waals surface area contributed by atoms with Crippen LogP contribution < -0.4 is 10.6 Å². The Balaban J connectivity index is 2.10. The van der Waals surface area contributed by atoms with E-state index >= 15 is 0 Å². The van der Waals surface area contributed by atoms with Gasteiger partial charge in [-0.15, -0.1) is 11.3 Å². The summed E-state index contributed by atoms with van der Waals surface area (Å²) in [4.78, 5) is 9.21. The lowest BCUT2D eigenvalue weighted by atomic mass is 10.3. The number of thiophene rings is 1. The third kappa shape index (κ3) is 3.64. The molecular weight excluding hydrogens is 263 g/mol. The monoisotopic (exact) mass is 280 g/mol. The molecule has 102 valence electrons. The molecule has 4 nitrogen and oxygen atoms in total. The number of halogens is 1. The molecule has 2 rings (SSSR count). The van der Waals surface area contributed by atoms with Gasteiger partial charge in [0.25, 0.3) is 0 Å². The van der Waals surface area contributed by atoms with Crippen LogP contribution in [-0.4, -0.2) is 16.5 Å². The predicted octanol–water partition coefficient (Wildman–Crippen LogP) is 3.67. The van der Waals surface area contributed by atoms with Crippen molar-refractivity contribution in [2.24, 2.45) is 0 Å². The van der Waals surface area contributed by atoms with Crippen LogP contribution in [0.4, 0.5) is 16.2 Å². The molecule has 0 amide bonds. The average molecular weight is 280 g/mol. The molecule has 2 N–H and O–H groups in total. The SMILES string of the molecule is CCCNc1ncc(F)c(NC(C)c2cccs2)n1. The van der Waals surface area contributed by atoms with Crippen LogP contribution in [0.3, 0.4) is 0 Å². The highest BCUT2D eigenvalue weighted by Crippen LogP contribution is 2.23. The zero-order chi connectivity index (χ0) is 13.7. The zero-order valence-corrected chi connectivity index (χ0v) is 11.8. The Kier molecular flexibility index (Phi) is 4.68. The summed E-state index contributed by atoms with van der Waals surface area (Å²) in [5.74, 6) is 0.240. The summed E-state index contributed by atoms with van der Waals surface area (Å²) in [6, 6.07) is 4.00. The van der Waals surface area contributed by atoms with Crippen molar-refractivity contribution >= 4 is 23.1 Å². The van der Waals surface area contributed by atoms with Gasteiger partial charge < -0.3 is 10.6 Å². The first-order valence-electron chi connectivity index (χ1n) is 6.27. The lowest BCUT2D eigenvalue weighted by Crippen LogP contribution is -2.11. The van der Waals surface area contributed by atoms with Crippen LogP contribution in [0.1, 0.15) is 31.2 Å². The molecule has 0 spiro atoms. The molecular formula is C13H17FN4S. The Labute approximate surface area is 116 Å². The molecule has 0 saturated carbocycles. The number of aromatic nitrogens is 2. The second-order valence-corrected chi connectivity index (χ2v) is 5.18. The van der Waals surface area contributed by atoms with Gasteiger partial charge in [0, 0.05) is 11.4 Å². The van der Waals surface area contributed by atoms with Gasteiger partial charge in [-0.1, -0.05) is 13.0 Å². The highest BCUT2D eigenvalue weighted by atomic mass is 32.1. The topological polar surface area (TPSA) is 49.8 Å². The van der Waals surface area contributed by atoms with Crippen molar-refractivity contribution in [2.45, 2.75) is 26.3 Å². The molecule has 6 heteroatoms. The molecule has 0 aliphatic heterocycles. The quantitative estimate of drug-likeness (QED) is 0.847. The van der Waals surface area contributed by atoms with Gasteiger partial charge in [0.05, 0.1) is 12.2 Å². The second kappa shape index (κ2) is 6.47. The minimum absolute atomic E-state index is 0.0171. The number of rotatable bonds is 6. The van der Waals surface area contributed by atoms with Crippen LogP contribution in [0.25, 0.3) is 0 Å². The third-order valence-electron chi connectivity index (χ3n) is 2.60. The van der Waals surface area contributed by atoms with Gasteiger partial charge in [-0.3, -0.25) is 0 Å². The second-order valence-electron chi connectivity index (χ2n) is 4.20. The van der Waals surface area contributed by atoms with E-state index in [4.69, 9.17) is 0 Å². The molecule has 0 bridgehead atoms. The number of nitrogens with zero attached hydrogens (tertiary/aromatic N) is 2. The summed E-state index contributed by atoms with van der Waals surface area (Å²) in [7, 11) is 0. The van der Waals surface area contributed by atoms with E-state index in [1.165, 1.54) is 6.20 Å². The molecule has 0 saturated heterocycles. The normalized spacial score (nSPS) is 12.2. The van der Waals surface area contributed by atoms with Crippen molar-refractivity contribution in [1.29, 1.82) is 0 Å². The first-order chi connectivity index (χ1) is 9.20. The van der Waals surface area contributed by atoms with Gasteiger partial charge in [0.2, 0.25) is 5.95 Å². The van der Waals surface area contributed by atoms with E-state index < -0.39 is 5.82 Å². The number of anilines is 2. The summed E-state index contributed by atoms with van der Waals surface area (Å²) in [6.07, 6.45) is 2.16. The largest absolute Gasteiger partial charge is 0.360 e. The van der Waals surface area contributed by atoms with Gasteiger partial charge in [-0.2, -0.15) is 4.98 Å². The summed E-state index contributed by atoms with van der Waals surface area (Å²) >= 11 is 1.63. The Hall–Kier alpha value is -1.69. The molecule has 0 fully saturated rings. The summed E-state index contributed by atoms with van der Waals surface area (Å²) in [5.41, 5.74) is 0. The maximum absolute atomic E-state index is 13.7. The summed E-state index contributed by atoms with van der Waals surface area (Å²) < 4.78 is 13.7. The van der Waals surface area contributed by atoms with Crippen molar-refractivity contribution in [3.63, 3.8) is 0 Å². The van der Waals surface area contributed by atoms with Gasteiger partial charge in [-0.25, -0.2) is 9.37 Å². The molecule has 2 aromatic rings. The number of hydrogen-bond donors (Lipinski definition) is 2. The Bertz CT molecular complexity index is 515. The molecule has 2 aromatic heterocycles. The molecule has 1 atom stereocenters. The first kappa shape index (κ1) is 13.7. The summed E-state index contributed by atoms with van der Waals surface area (Å²) in [5, 5.41) is 8.12. The van der Waals surface area contributed by atoms with E-state index in [1.807, 2.05) is 24.4 Å². The maximum Gasteiger partial charge on any atom is 0.224 e. The van der Waals surface area contributed by atoms with Crippen molar-refractivity contribution in [3.05, 3.63) is 34.4 Å². The molecule has 0 aliphatic carbocycles. The molecule has 0 radical (unpaired) electrons. The van der Waals surface area contributed by atoms with Crippen molar-refractivity contribution < 1.29 is 4.39 Å². The van der Waals surface area contributed by atoms with Crippen LogP contribution in [0.15, 0.2) is 23.7 Å². The van der Waals surface area contributed by atoms with Crippen LogP contribution in [0, 0.1) is 5.82 Å². The minimum atomic E-state index is -0.439. The number of hydrogen-bond acceptors (Lipinski definition) is 5. The average Bonchev–Trinajstić information content (AvgIpc) is 2.93. The van der Waals surface area contributed by atoms with Crippen molar-refractivity contribution in [2.75, 3.05) is 17.2 Å². The first-order valence-corrected chi connectivity index (χ1v) is 7.15. The van der Waals surface area contributed by atoms with E-state index in [9.17, 15) is 4.39 Å². The zero-order valence-electron chi connectivity index (χ0n) is 11.0. The molecule has 0 aromatic carbocycles. The van der Waals surface area contributed by atoms with Gasteiger partial charge >= 0.3 is 0 Å². The lowest BCUT2D eigenvalue weighted by molar-refractivity contribution is 0.614. The van der Waals surface area contributed by atoms with Crippen LogP contribution in [0.2, 0.25) is 0 Å². The molecule has 19 heavy (non-hydrogen) atoms. The van der Waals surface area contributed by atoms with Gasteiger partial charge in [0.1, 0.15) is 0 Å². The maximum atomic E-state index is 13.7.